The van der Waals surface area contributed by atoms with Gasteiger partial charge in [-0.05, 0) is 12.3 Å². The molecule has 9 nitrogen and oxygen atoms in total. The van der Waals surface area contributed by atoms with Crippen molar-refractivity contribution in [2.24, 2.45) is 11.8 Å². The molecule has 0 aromatic heterocycles. The highest BCUT2D eigenvalue weighted by molar-refractivity contribution is 7.88. The molecule has 140 valence electrons. The molecule has 3 atom stereocenters. The van der Waals surface area contributed by atoms with Crippen molar-refractivity contribution in [1.29, 1.82) is 0 Å². The van der Waals surface area contributed by atoms with E-state index in [1.807, 2.05) is 6.92 Å². The highest BCUT2D eigenvalue weighted by atomic mass is 32.2. The molecule has 0 aliphatic heterocycles. The van der Waals surface area contributed by atoms with Gasteiger partial charge in [-0.25, -0.2) is 0 Å². The molecule has 0 heterocycles. The average Bonchev–Trinajstić information content (AvgIpc) is 2.43. The van der Waals surface area contributed by atoms with Crippen LogP contribution in [-0.2, 0) is 24.5 Å². The summed E-state index contributed by atoms with van der Waals surface area (Å²) in [5, 5.41) is 27.5. The Bertz CT molecular complexity index is 569. The molecule has 10 heteroatoms. The number of unbranched alkanes of at least 4 members (excludes halogenated alkanes) is 1. The van der Waals surface area contributed by atoms with Crippen LogP contribution >= 0.6 is 0 Å². The van der Waals surface area contributed by atoms with Crippen LogP contribution < -0.4 is 0 Å². The number of carboxylic acid groups (broad SMARTS) is 3. The van der Waals surface area contributed by atoms with Crippen LogP contribution in [-0.4, -0.2) is 50.9 Å². The molecule has 0 saturated carbocycles. The van der Waals surface area contributed by atoms with Crippen molar-refractivity contribution in [3.63, 3.8) is 0 Å². The fourth-order valence-corrected chi connectivity index (χ4v) is 3.98. The van der Waals surface area contributed by atoms with Gasteiger partial charge in [0, 0.05) is 0 Å². The number of hydrogen-bond donors (Lipinski definition) is 4. The number of carboxylic acids is 3. The Labute approximate surface area is 140 Å². The Hall–Kier alpha value is -1.68. The maximum atomic E-state index is 11.9. The smallest absolute Gasteiger partial charge is 0.328 e. The molecule has 0 amide bonds. The van der Waals surface area contributed by atoms with Crippen LogP contribution in [0, 0.1) is 11.8 Å². The van der Waals surface area contributed by atoms with Gasteiger partial charge < -0.3 is 15.3 Å². The molecule has 0 aliphatic carbocycles. The monoisotopic (exact) mass is 368 g/mol. The molecule has 0 saturated heterocycles. The number of hydrogen-bond acceptors (Lipinski definition) is 5. The van der Waals surface area contributed by atoms with E-state index in [9.17, 15) is 37.6 Å². The SMILES string of the molecule is CCCCC(CC)CC(C(=O)O)(C(CC(=O)O)C(=O)O)S(=O)(=O)O. The second-order valence-electron chi connectivity index (χ2n) is 5.78. The summed E-state index contributed by atoms with van der Waals surface area (Å²) in [4.78, 5) is 34.0. The minimum atomic E-state index is -5.39. The largest absolute Gasteiger partial charge is 0.481 e. The summed E-state index contributed by atoms with van der Waals surface area (Å²) in [6.07, 6.45) is 0.338. The van der Waals surface area contributed by atoms with Crippen molar-refractivity contribution in [2.45, 2.75) is 57.1 Å². The average molecular weight is 368 g/mol. The van der Waals surface area contributed by atoms with Crippen LogP contribution in [0.3, 0.4) is 0 Å². The minimum Gasteiger partial charge on any atom is -0.481 e. The fraction of sp³-hybridized carbons (Fsp3) is 0.786. The molecule has 0 spiro atoms. The lowest BCUT2D eigenvalue weighted by Crippen LogP contribution is -2.56. The summed E-state index contributed by atoms with van der Waals surface area (Å²) in [5.74, 6) is -8.42. The Kier molecular flexibility index (Phi) is 8.35. The standard InChI is InChI=1S/C14H24O9S/c1-3-5-6-9(4-2)8-14(13(19)20,24(21,22)23)10(12(17)18)7-11(15)16/h9-10H,3-8H2,1-2H3,(H,15,16)(H,17,18)(H,19,20)(H,21,22,23). The summed E-state index contributed by atoms with van der Waals surface area (Å²) < 4.78 is 30.2. The van der Waals surface area contributed by atoms with Crippen molar-refractivity contribution >= 4 is 28.0 Å². The van der Waals surface area contributed by atoms with E-state index < -0.39 is 57.5 Å². The van der Waals surface area contributed by atoms with Gasteiger partial charge in [0.1, 0.15) is 0 Å². The van der Waals surface area contributed by atoms with E-state index in [2.05, 4.69) is 0 Å². The lowest BCUT2D eigenvalue weighted by molar-refractivity contribution is -0.156. The second kappa shape index (κ2) is 8.97. The number of carbonyl (C=O) groups is 3. The molecule has 3 unspecified atom stereocenters. The molecule has 0 bridgehead atoms. The van der Waals surface area contributed by atoms with E-state index in [0.717, 1.165) is 6.42 Å². The first-order valence-electron chi connectivity index (χ1n) is 7.58. The summed E-state index contributed by atoms with van der Waals surface area (Å²) in [7, 11) is -5.39. The van der Waals surface area contributed by atoms with Crippen molar-refractivity contribution < 1.29 is 42.7 Å². The van der Waals surface area contributed by atoms with E-state index in [4.69, 9.17) is 5.11 Å². The molecular weight excluding hydrogens is 344 g/mol. The first-order chi connectivity index (χ1) is 10.9. The van der Waals surface area contributed by atoms with Gasteiger partial charge in [-0.1, -0.05) is 39.5 Å². The van der Waals surface area contributed by atoms with E-state index in [1.54, 1.807) is 6.92 Å². The van der Waals surface area contributed by atoms with Crippen LogP contribution in [0.1, 0.15) is 52.4 Å². The van der Waals surface area contributed by atoms with Crippen LogP contribution in [0.4, 0.5) is 0 Å². The molecule has 0 aliphatic rings. The zero-order valence-electron chi connectivity index (χ0n) is 13.6. The Morgan fingerprint density at radius 3 is 1.92 bits per heavy atom. The number of rotatable bonds is 12. The summed E-state index contributed by atoms with van der Waals surface area (Å²) >= 11 is 0. The first kappa shape index (κ1) is 22.3. The second-order valence-corrected chi connectivity index (χ2v) is 7.46. The van der Waals surface area contributed by atoms with E-state index >= 15 is 0 Å². The molecule has 0 rings (SSSR count). The predicted molar refractivity (Wildman–Crippen MR) is 83.2 cm³/mol. The van der Waals surface area contributed by atoms with Gasteiger partial charge >= 0.3 is 17.9 Å². The summed E-state index contributed by atoms with van der Waals surface area (Å²) in [6, 6.07) is 0. The Morgan fingerprint density at radius 1 is 1.08 bits per heavy atom. The van der Waals surface area contributed by atoms with Crippen molar-refractivity contribution in [3.05, 3.63) is 0 Å². The highest BCUT2D eigenvalue weighted by Crippen LogP contribution is 2.38. The van der Waals surface area contributed by atoms with Crippen LogP contribution in [0.15, 0.2) is 0 Å². The van der Waals surface area contributed by atoms with Gasteiger partial charge in [-0.3, -0.25) is 18.9 Å². The lowest BCUT2D eigenvalue weighted by Gasteiger charge is -2.34. The maximum absolute atomic E-state index is 11.9. The van der Waals surface area contributed by atoms with E-state index in [-0.39, 0.29) is 0 Å². The molecule has 0 radical (unpaired) electrons. The Morgan fingerprint density at radius 2 is 1.62 bits per heavy atom. The normalized spacial score (nSPS) is 16.8. The highest BCUT2D eigenvalue weighted by Gasteiger charge is 2.60. The molecule has 24 heavy (non-hydrogen) atoms. The third-order valence-electron chi connectivity index (χ3n) is 4.20. The first-order valence-corrected chi connectivity index (χ1v) is 9.02. The van der Waals surface area contributed by atoms with Crippen molar-refractivity contribution in [3.8, 4) is 0 Å². The van der Waals surface area contributed by atoms with Crippen LogP contribution in [0.25, 0.3) is 0 Å². The Balaban J connectivity index is 6.20. The zero-order valence-corrected chi connectivity index (χ0v) is 14.5. The molecular formula is C14H24O9S. The summed E-state index contributed by atoms with van der Waals surface area (Å²) in [5.41, 5.74) is 0. The predicted octanol–water partition coefficient (Wildman–Crippen LogP) is 1.48. The number of aliphatic carboxylic acids is 3. The van der Waals surface area contributed by atoms with E-state index in [1.165, 1.54) is 0 Å². The molecule has 0 aromatic rings. The van der Waals surface area contributed by atoms with Crippen LogP contribution in [0.5, 0.6) is 0 Å². The van der Waals surface area contributed by atoms with Gasteiger partial charge in [0.15, 0.2) is 0 Å². The maximum Gasteiger partial charge on any atom is 0.328 e. The third kappa shape index (κ3) is 5.17. The van der Waals surface area contributed by atoms with E-state index in [0.29, 0.717) is 19.3 Å². The quantitative estimate of drug-likeness (QED) is 0.373. The molecule has 0 aromatic carbocycles. The fourth-order valence-electron chi connectivity index (χ4n) is 2.77. The van der Waals surface area contributed by atoms with Gasteiger partial charge in [0.25, 0.3) is 10.1 Å². The van der Waals surface area contributed by atoms with Gasteiger partial charge in [-0.15, -0.1) is 0 Å². The summed E-state index contributed by atoms with van der Waals surface area (Å²) in [6.45, 7) is 3.56. The van der Waals surface area contributed by atoms with Gasteiger partial charge in [0.2, 0.25) is 4.75 Å². The molecule has 0 fully saturated rings. The van der Waals surface area contributed by atoms with Crippen molar-refractivity contribution in [1.82, 2.24) is 0 Å². The molecule has 4 N–H and O–H groups in total. The van der Waals surface area contributed by atoms with Gasteiger partial charge in [-0.2, -0.15) is 8.42 Å². The van der Waals surface area contributed by atoms with Crippen LogP contribution in [0.2, 0.25) is 0 Å². The lowest BCUT2D eigenvalue weighted by atomic mass is 9.79. The zero-order chi connectivity index (χ0) is 19.1. The van der Waals surface area contributed by atoms with Gasteiger partial charge in [0.05, 0.1) is 12.3 Å². The minimum absolute atomic E-state index is 0.365. The van der Waals surface area contributed by atoms with Crippen molar-refractivity contribution in [2.75, 3.05) is 0 Å². The topological polar surface area (TPSA) is 166 Å². The third-order valence-corrected chi connectivity index (χ3v) is 5.74.